The molecule has 0 aliphatic rings. The maximum Gasteiger partial charge on any atom is 0.251 e. The Kier molecular flexibility index (Phi) is 6.24. The molecule has 0 bridgehead atoms. The van der Waals surface area contributed by atoms with Gasteiger partial charge in [-0.2, -0.15) is 0 Å². The molecule has 0 saturated heterocycles. The van der Waals surface area contributed by atoms with Crippen LogP contribution in [-0.4, -0.2) is 30.1 Å². The first-order valence-corrected chi connectivity index (χ1v) is 10.5. The van der Waals surface area contributed by atoms with E-state index in [2.05, 4.69) is 10.3 Å². The van der Waals surface area contributed by atoms with Crippen LogP contribution in [0.3, 0.4) is 0 Å². The van der Waals surface area contributed by atoms with Crippen LogP contribution in [0.15, 0.2) is 72.4 Å². The molecule has 0 atom stereocenters. The van der Waals surface area contributed by atoms with Gasteiger partial charge in [0.15, 0.2) is 11.5 Å². The van der Waals surface area contributed by atoms with Gasteiger partial charge in [0.2, 0.25) is 0 Å². The molecular formula is C24H21N3O3S. The van der Waals surface area contributed by atoms with Crippen LogP contribution in [0, 0.1) is 0 Å². The minimum atomic E-state index is -0.119. The van der Waals surface area contributed by atoms with Gasteiger partial charge in [-0.15, -0.1) is 11.3 Å². The lowest BCUT2D eigenvalue weighted by Gasteiger charge is -2.08. The van der Waals surface area contributed by atoms with E-state index >= 15 is 0 Å². The van der Waals surface area contributed by atoms with Crippen molar-refractivity contribution in [2.45, 2.75) is 6.54 Å². The normalized spacial score (nSPS) is 10.5. The number of hydrogen-bond acceptors (Lipinski definition) is 6. The van der Waals surface area contributed by atoms with Crippen molar-refractivity contribution in [1.29, 1.82) is 0 Å². The number of ether oxygens (including phenoxy) is 2. The van der Waals surface area contributed by atoms with Gasteiger partial charge < -0.3 is 14.8 Å². The van der Waals surface area contributed by atoms with Gasteiger partial charge in [-0.05, 0) is 35.9 Å². The maximum atomic E-state index is 12.2. The van der Waals surface area contributed by atoms with Crippen molar-refractivity contribution < 1.29 is 14.3 Å². The number of amides is 1. The van der Waals surface area contributed by atoms with E-state index in [0.29, 0.717) is 23.6 Å². The van der Waals surface area contributed by atoms with Crippen LogP contribution in [0.1, 0.15) is 15.9 Å². The SMILES string of the molecule is COc1ccc(-c2csc(-c3ccc(CNC(=O)c4ccncc4)cc3)n2)cc1OC. The Morgan fingerprint density at radius 2 is 1.65 bits per heavy atom. The Balaban J connectivity index is 1.44. The lowest BCUT2D eigenvalue weighted by Crippen LogP contribution is -2.22. The molecule has 4 aromatic rings. The summed E-state index contributed by atoms with van der Waals surface area (Å²) in [5.74, 6) is 1.24. The van der Waals surface area contributed by atoms with Crippen molar-refractivity contribution in [3.8, 4) is 33.3 Å². The molecule has 2 aromatic heterocycles. The number of nitrogens with one attached hydrogen (secondary N) is 1. The highest BCUT2D eigenvalue weighted by Gasteiger charge is 2.11. The third-order valence-electron chi connectivity index (χ3n) is 4.78. The van der Waals surface area contributed by atoms with E-state index in [-0.39, 0.29) is 5.91 Å². The van der Waals surface area contributed by atoms with Gasteiger partial charge in [0, 0.05) is 41.0 Å². The molecule has 0 aliphatic carbocycles. The molecule has 156 valence electrons. The summed E-state index contributed by atoms with van der Waals surface area (Å²) in [6, 6.07) is 17.2. The molecular weight excluding hydrogens is 410 g/mol. The van der Waals surface area contributed by atoms with Crippen LogP contribution in [0.4, 0.5) is 0 Å². The molecule has 0 spiro atoms. The summed E-state index contributed by atoms with van der Waals surface area (Å²) >= 11 is 1.58. The van der Waals surface area contributed by atoms with Gasteiger partial charge in [0.25, 0.3) is 5.91 Å². The molecule has 2 aromatic carbocycles. The van der Waals surface area contributed by atoms with E-state index in [9.17, 15) is 4.79 Å². The number of rotatable bonds is 7. The van der Waals surface area contributed by atoms with Crippen LogP contribution in [0.25, 0.3) is 21.8 Å². The minimum absolute atomic E-state index is 0.119. The van der Waals surface area contributed by atoms with Gasteiger partial charge in [0.1, 0.15) is 5.01 Å². The molecule has 6 nitrogen and oxygen atoms in total. The molecule has 31 heavy (non-hydrogen) atoms. The van der Waals surface area contributed by atoms with Crippen molar-refractivity contribution in [3.05, 3.63) is 83.5 Å². The zero-order chi connectivity index (χ0) is 21.6. The molecule has 7 heteroatoms. The highest BCUT2D eigenvalue weighted by atomic mass is 32.1. The Morgan fingerprint density at radius 3 is 2.35 bits per heavy atom. The number of methoxy groups -OCH3 is 2. The fraction of sp³-hybridized carbons (Fsp3) is 0.125. The summed E-state index contributed by atoms with van der Waals surface area (Å²) in [5.41, 5.74) is 4.49. The Hall–Kier alpha value is -3.71. The smallest absolute Gasteiger partial charge is 0.251 e. The molecule has 0 fully saturated rings. The van der Waals surface area contributed by atoms with Crippen LogP contribution >= 0.6 is 11.3 Å². The molecule has 0 saturated carbocycles. The fourth-order valence-electron chi connectivity index (χ4n) is 3.09. The Morgan fingerprint density at radius 1 is 0.935 bits per heavy atom. The largest absolute Gasteiger partial charge is 0.493 e. The Bertz CT molecular complexity index is 1170. The average Bonchev–Trinajstić information content (AvgIpc) is 3.33. The van der Waals surface area contributed by atoms with Gasteiger partial charge in [-0.3, -0.25) is 9.78 Å². The predicted octanol–water partition coefficient (Wildman–Crippen LogP) is 4.82. The number of benzene rings is 2. The molecule has 0 unspecified atom stereocenters. The molecule has 0 aliphatic heterocycles. The molecule has 0 radical (unpaired) electrons. The summed E-state index contributed by atoms with van der Waals surface area (Å²) in [5, 5.41) is 5.87. The second-order valence-electron chi connectivity index (χ2n) is 6.72. The molecule has 1 N–H and O–H groups in total. The number of carbonyl (C=O) groups is 1. The topological polar surface area (TPSA) is 73.3 Å². The second-order valence-corrected chi connectivity index (χ2v) is 7.58. The van der Waals surface area contributed by atoms with Crippen LogP contribution in [0.5, 0.6) is 11.5 Å². The average molecular weight is 432 g/mol. The van der Waals surface area contributed by atoms with E-state index in [4.69, 9.17) is 14.5 Å². The van der Waals surface area contributed by atoms with E-state index < -0.39 is 0 Å². The first-order valence-electron chi connectivity index (χ1n) is 9.63. The first kappa shape index (κ1) is 20.6. The summed E-state index contributed by atoms with van der Waals surface area (Å²) in [6.45, 7) is 0.455. The lowest BCUT2D eigenvalue weighted by atomic mass is 10.1. The quantitative estimate of drug-likeness (QED) is 0.454. The third kappa shape index (κ3) is 4.73. The standard InChI is InChI=1S/C24H21N3O3S/c1-29-21-8-7-19(13-22(21)30-2)20-15-31-24(27-20)18-5-3-16(4-6-18)14-26-23(28)17-9-11-25-12-10-17/h3-13,15H,14H2,1-2H3,(H,26,28). The van der Waals surface area contributed by atoms with Gasteiger partial charge >= 0.3 is 0 Å². The number of carbonyl (C=O) groups excluding carboxylic acids is 1. The van der Waals surface area contributed by atoms with Crippen molar-refractivity contribution in [2.75, 3.05) is 14.2 Å². The number of thiazole rings is 1. The summed E-state index contributed by atoms with van der Waals surface area (Å²) in [7, 11) is 3.24. The minimum Gasteiger partial charge on any atom is -0.493 e. The third-order valence-corrected chi connectivity index (χ3v) is 5.67. The lowest BCUT2D eigenvalue weighted by molar-refractivity contribution is 0.0951. The zero-order valence-corrected chi connectivity index (χ0v) is 18.0. The van der Waals surface area contributed by atoms with Crippen LogP contribution in [-0.2, 0) is 6.54 Å². The van der Waals surface area contributed by atoms with E-state index in [1.54, 1.807) is 50.1 Å². The van der Waals surface area contributed by atoms with Gasteiger partial charge in [-0.1, -0.05) is 24.3 Å². The van der Waals surface area contributed by atoms with E-state index in [0.717, 1.165) is 27.4 Å². The van der Waals surface area contributed by atoms with E-state index in [1.165, 1.54) is 0 Å². The second kappa shape index (κ2) is 9.40. The number of hydrogen-bond donors (Lipinski definition) is 1. The summed E-state index contributed by atoms with van der Waals surface area (Å²) < 4.78 is 10.7. The van der Waals surface area contributed by atoms with E-state index in [1.807, 2.05) is 47.8 Å². The van der Waals surface area contributed by atoms with Gasteiger partial charge in [-0.25, -0.2) is 4.98 Å². The van der Waals surface area contributed by atoms with Crippen molar-refractivity contribution in [2.24, 2.45) is 0 Å². The van der Waals surface area contributed by atoms with Crippen molar-refractivity contribution in [1.82, 2.24) is 15.3 Å². The monoisotopic (exact) mass is 431 g/mol. The zero-order valence-electron chi connectivity index (χ0n) is 17.2. The molecule has 4 rings (SSSR count). The maximum absolute atomic E-state index is 12.2. The van der Waals surface area contributed by atoms with Crippen LogP contribution in [0.2, 0.25) is 0 Å². The molecule has 2 heterocycles. The fourth-order valence-corrected chi connectivity index (χ4v) is 3.92. The predicted molar refractivity (Wildman–Crippen MR) is 121 cm³/mol. The van der Waals surface area contributed by atoms with Gasteiger partial charge in [0.05, 0.1) is 19.9 Å². The first-order chi connectivity index (χ1) is 15.2. The number of pyridine rings is 1. The highest BCUT2D eigenvalue weighted by molar-refractivity contribution is 7.13. The molecule has 1 amide bonds. The number of aromatic nitrogens is 2. The van der Waals surface area contributed by atoms with Crippen molar-refractivity contribution in [3.63, 3.8) is 0 Å². The van der Waals surface area contributed by atoms with Crippen LogP contribution < -0.4 is 14.8 Å². The number of nitrogens with zero attached hydrogens (tertiary/aromatic N) is 2. The Labute approximate surface area is 184 Å². The highest BCUT2D eigenvalue weighted by Crippen LogP contribution is 2.34. The summed E-state index contributed by atoms with van der Waals surface area (Å²) in [4.78, 5) is 20.9. The van der Waals surface area contributed by atoms with Crippen molar-refractivity contribution >= 4 is 17.2 Å². The summed E-state index contributed by atoms with van der Waals surface area (Å²) in [6.07, 6.45) is 3.21.